The number of hydrogen-bond donors (Lipinski definition) is 1. The topological polar surface area (TPSA) is 68.5 Å². The standard InChI is InChI=1S/C22H26ClFN4O2/c1-5-9-30-22(29)18-12-25-28-20(26-14(4)13(2)3)17(19(23)27-21(18)28)11-15-7-6-8-16(24)10-15/h6-8,10,12-14,26H,5,9,11H2,1-4H3. The zero-order valence-electron chi connectivity index (χ0n) is 17.6. The van der Waals surface area contributed by atoms with Crippen LogP contribution in [0.25, 0.3) is 5.65 Å². The number of esters is 1. The maximum absolute atomic E-state index is 13.7. The highest BCUT2D eigenvalue weighted by Gasteiger charge is 2.23. The van der Waals surface area contributed by atoms with Gasteiger partial charge in [0.1, 0.15) is 22.4 Å². The second-order valence-corrected chi connectivity index (χ2v) is 8.00. The van der Waals surface area contributed by atoms with E-state index in [1.54, 1.807) is 10.6 Å². The molecule has 0 saturated heterocycles. The summed E-state index contributed by atoms with van der Waals surface area (Å²) in [5.41, 5.74) is 2.01. The van der Waals surface area contributed by atoms with Crippen molar-refractivity contribution in [1.82, 2.24) is 14.6 Å². The predicted molar refractivity (Wildman–Crippen MR) is 116 cm³/mol. The SMILES string of the molecule is CCCOC(=O)c1cnn2c(NC(C)C(C)C)c(Cc3cccc(F)c3)c(Cl)nc12. The molecule has 8 heteroatoms. The minimum Gasteiger partial charge on any atom is -0.462 e. The smallest absolute Gasteiger partial charge is 0.343 e. The second-order valence-electron chi connectivity index (χ2n) is 7.64. The molecule has 0 radical (unpaired) electrons. The van der Waals surface area contributed by atoms with Gasteiger partial charge in [0, 0.05) is 18.0 Å². The van der Waals surface area contributed by atoms with Crippen LogP contribution in [0.15, 0.2) is 30.5 Å². The number of aromatic nitrogens is 3. The summed E-state index contributed by atoms with van der Waals surface area (Å²) in [5.74, 6) is 0.155. The van der Waals surface area contributed by atoms with E-state index in [0.29, 0.717) is 36.0 Å². The molecule has 0 fully saturated rings. The molecule has 0 saturated carbocycles. The molecule has 0 aliphatic rings. The molecule has 0 bridgehead atoms. The number of carbonyl (C=O) groups is 1. The van der Waals surface area contributed by atoms with Crippen LogP contribution in [0.1, 0.15) is 55.6 Å². The number of carbonyl (C=O) groups excluding carboxylic acids is 1. The van der Waals surface area contributed by atoms with E-state index in [1.165, 1.54) is 18.3 Å². The summed E-state index contributed by atoms with van der Waals surface area (Å²) in [7, 11) is 0. The Morgan fingerprint density at radius 3 is 2.77 bits per heavy atom. The largest absolute Gasteiger partial charge is 0.462 e. The van der Waals surface area contributed by atoms with Gasteiger partial charge in [0.15, 0.2) is 5.65 Å². The molecule has 1 aromatic carbocycles. The van der Waals surface area contributed by atoms with Gasteiger partial charge in [0.25, 0.3) is 0 Å². The lowest BCUT2D eigenvalue weighted by Gasteiger charge is -2.22. The molecule has 0 amide bonds. The molecule has 0 spiro atoms. The summed E-state index contributed by atoms with van der Waals surface area (Å²) < 4.78 is 20.5. The van der Waals surface area contributed by atoms with Gasteiger partial charge in [0.05, 0.1) is 12.8 Å². The average Bonchev–Trinajstić information content (AvgIpc) is 3.12. The zero-order chi connectivity index (χ0) is 21.8. The summed E-state index contributed by atoms with van der Waals surface area (Å²) >= 11 is 6.56. The molecule has 6 nitrogen and oxygen atoms in total. The number of rotatable bonds is 8. The second kappa shape index (κ2) is 9.43. The molecule has 160 valence electrons. The fourth-order valence-corrected chi connectivity index (χ4v) is 3.19. The Hall–Kier alpha value is -2.67. The highest BCUT2D eigenvalue weighted by molar-refractivity contribution is 6.30. The molecule has 30 heavy (non-hydrogen) atoms. The van der Waals surface area contributed by atoms with E-state index >= 15 is 0 Å². The van der Waals surface area contributed by atoms with E-state index in [0.717, 1.165) is 12.0 Å². The Morgan fingerprint density at radius 2 is 2.10 bits per heavy atom. The normalized spacial score (nSPS) is 12.4. The lowest BCUT2D eigenvalue weighted by Crippen LogP contribution is -2.24. The fourth-order valence-electron chi connectivity index (χ4n) is 2.95. The number of halogens is 2. The van der Waals surface area contributed by atoms with Crippen molar-refractivity contribution in [2.45, 2.75) is 46.6 Å². The molecule has 1 N–H and O–H groups in total. The van der Waals surface area contributed by atoms with Gasteiger partial charge in [-0.15, -0.1) is 0 Å². The van der Waals surface area contributed by atoms with Gasteiger partial charge in [-0.05, 0) is 37.0 Å². The van der Waals surface area contributed by atoms with Gasteiger partial charge in [-0.25, -0.2) is 14.2 Å². The Kier molecular flexibility index (Phi) is 6.92. The van der Waals surface area contributed by atoms with Gasteiger partial charge in [-0.3, -0.25) is 0 Å². The van der Waals surface area contributed by atoms with Gasteiger partial charge >= 0.3 is 5.97 Å². The van der Waals surface area contributed by atoms with Crippen LogP contribution in [0.4, 0.5) is 10.2 Å². The minimum absolute atomic E-state index is 0.0950. The van der Waals surface area contributed by atoms with Crippen molar-refractivity contribution in [2.24, 2.45) is 5.92 Å². The molecule has 2 aromatic heterocycles. The van der Waals surface area contributed by atoms with Crippen molar-refractivity contribution in [2.75, 3.05) is 11.9 Å². The summed E-state index contributed by atoms with van der Waals surface area (Å²) in [4.78, 5) is 16.9. The van der Waals surface area contributed by atoms with Crippen molar-refractivity contribution in [3.05, 3.63) is 58.1 Å². The lowest BCUT2D eigenvalue weighted by molar-refractivity contribution is 0.0507. The van der Waals surface area contributed by atoms with E-state index in [1.807, 2.05) is 13.0 Å². The first-order valence-corrected chi connectivity index (χ1v) is 10.4. The van der Waals surface area contributed by atoms with E-state index in [9.17, 15) is 9.18 Å². The molecular formula is C22H26ClFN4O2. The summed E-state index contributed by atoms with van der Waals surface area (Å²) in [6.07, 6.45) is 2.52. The van der Waals surface area contributed by atoms with Crippen molar-refractivity contribution in [1.29, 1.82) is 0 Å². The number of anilines is 1. The summed E-state index contributed by atoms with van der Waals surface area (Å²) in [5, 5.41) is 8.07. The molecule has 0 aliphatic heterocycles. The number of benzene rings is 1. The van der Waals surface area contributed by atoms with Crippen LogP contribution in [-0.4, -0.2) is 33.2 Å². The zero-order valence-corrected chi connectivity index (χ0v) is 18.3. The van der Waals surface area contributed by atoms with Gasteiger partial charge in [0.2, 0.25) is 0 Å². The third kappa shape index (κ3) is 4.73. The number of hydrogen-bond acceptors (Lipinski definition) is 5. The van der Waals surface area contributed by atoms with Crippen LogP contribution in [0, 0.1) is 11.7 Å². The first kappa shape index (κ1) is 22.0. The Bertz CT molecular complexity index is 1050. The first-order chi connectivity index (χ1) is 14.3. The third-order valence-electron chi connectivity index (χ3n) is 4.99. The highest BCUT2D eigenvalue weighted by Crippen LogP contribution is 2.29. The molecule has 3 aromatic rings. The van der Waals surface area contributed by atoms with Gasteiger partial charge in [-0.1, -0.05) is 44.5 Å². The van der Waals surface area contributed by atoms with Crippen LogP contribution in [0.2, 0.25) is 5.15 Å². The Labute approximate surface area is 180 Å². The first-order valence-electron chi connectivity index (χ1n) is 10.1. The van der Waals surface area contributed by atoms with E-state index in [4.69, 9.17) is 16.3 Å². The van der Waals surface area contributed by atoms with Crippen molar-refractivity contribution >= 4 is 29.0 Å². The van der Waals surface area contributed by atoms with Crippen LogP contribution in [0.5, 0.6) is 0 Å². The van der Waals surface area contributed by atoms with Crippen molar-refractivity contribution < 1.29 is 13.9 Å². The average molecular weight is 433 g/mol. The van der Waals surface area contributed by atoms with Gasteiger partial charge in [-0.2, -0.15) is 9.61 Å². The van der Waals surface area contributed by atoms with Crippen LogP contribution in [-0.2, 0) is 11.2 Å². The number of nitrogens with zero attached hydrogens (tertiary/aromatic N) is 3. The summed E-state index contributed by atoms with van der Waals surface area (Å²) in [6.45, 7) is 8.49. The van der Waals surface area contributed by atoms with Crippen molar-refractivity contribution in [3.8, 4) is 0 Å². The molecule has 3 rings (SSSR count). The Morgan fingerprint density at radius 1 is 1.33 bits per heavy atom. The maximum atomic E-state index is 13.7. The van der Waals surface area contributed by atoms with Crippen LogP contribution < -0.4 is 5.32 Å². The highest BCUT2D eigenvalue weighted by atomic mass is 35.5. The minimum atomic E-state index is -0.490. The maximum Gasteiger partial charge on any atom is 0.343 e. The quantitative estimate of drug-likeness (QED) is 0.394. The fraction of sp³-hybridized carbons (Fsp3) is 0.409. The third-order valence-corrected chi connectivity index (χ3v) is 5.30. The number of nitrogens with one attached hydrogen (secondary N) is 1. The number of ether oxygens (including phenoxy) is 1. The molecule has 1 atom stereocenters. The van der Waals surface area contributed by atoms with E-state index in [2.05, 4.69) is 36.2 Å². The van der Waals surface area contributed by atoms with E-state index < -0.39 is 5.97 Å². The van der Waals surface area contributed by atoms with Gasteiger partial charge < -0.3 is 10.1 Å². The summed E-state index contributed by atoms with van der Waals surface area (Å²) in [6, 6.07) is 6.44. The molecule has 1 unspecified atom stereocenters. The monoisotopic (exact) mass is 432 g/mol. The van der Waals surface area contributed by atoms with E-state index in [-0.39, 0.29) is 22.6 Å². The number of fused-ring (bicyclic) bond motifs is 1. The Balaban J connectivity index is 2.12. The molecule has 0 aliphatic carbocycles. The van der Waals surface area contributed by atoms with Crippen LogP contribution >= 0.6 is 11.6 Å². The predicted octanol–water partition coefficient (Wildman–Crippen LogP) is 5.14. The molecule has 2 heterocycles. The van der Waals surface area contributed by atoms with Crippen molar-refractivity contribution in [3.63, 3.8) is 0 Å². The van der Waals surface area contributed by atoms with Crippen LogP contribution in [0.3, 0.4) is 0 Å². The lowest BCUT2D eigenvalue weighted by atomic mass is 10.0. The molecular weight excluding hydrogens is 407 g/mol.